The first-order valence-corrected chi connectivity index (χ1v) is 10.1. The van der Waals surface area contributed by atoms with E-state index in [1.165, 1.54) is 5.56 Å². The quantitative estimate of drug-likeness (QED) is 0.646. The van der Waals surface area contributed by atoms with E-state index >= 15 is 0 Å². The maximum absolute atomic E-state index is 12.5. The number of carbonyl (C=O) groups is 2. The lowest BCUT2D eigenvalue weighted by atomic mass is 10.1. The second-order valence-electron chi connectivity index (χ2n) is 7.29. The summed E-state index contributed by atoms with van der Waals surface area (Å²) in [4.78, 5) is 26.6. The molecule has 3 aromatic rings. The molecule has 0 saturated heterocycles. The van der Waals surface area contributed by atoms with E-state index < -0.39 is 0 Å². The molecule has 30 heavy (non-hydrogen) atoms. The van der Waals surface area contributed by atoms with Crippen molar-refractivity contribution in [3.05, 3.63) is 90.0 Å². The molecule has 0 unspecified atom stereocenters. The zero-order valence-electron chi connectivity index (χ0n) is 16.7. The van der Waals surface area contributed by atoms with Crippen LogP contribution in [-0.4, -0.2) is 25.0 Å². The number of carbonyl (C=O) groups excluding carboxylic acids is 2. The Bertz CT molecular complexity index is 1020. The molecule has 3 aromatic carbocycles. The van der Waals surface area contributed by atoms with Gasteiger partial charge in [0, 0.05) is 18.7 Å². The van der Waals surface area contributed by atoms with E-state index in [4.69, 9.17) is 4.74 Å². The van der Waals surface area contributed by atoms with E-state index in [2.05, 4.69) is 17.4 Å². The number of amides is 2. The van der Waals surface area contributed by atoms with Crippen LogP contribution in [0.3, 0.4) is 0 Å². The van der Waals surface area contributed by atoms with Crippen LogP contribution >= 0.6 is 0 Å². The van der Waals surface area contributed by atoms with Gasteiger partial charge in [-0.1, -0.05) is 60.7 Å². The van der Waals surface area contributed by atoms with Gasteiger partial charge in [-0.3, -0.25) is 9.59 Å². The summed E-state index contributed by atoms with van der Waals surface area (Å²) in [7, 11) is 0. The van der Waals surface area contributed by atoms with Crippen LogP contribution in [0.25, 0.3) is 0 Å². The minimum atomic E-state index is -0.0778. The number of ether oxygens (including phenoxy) is 1. The summed E-state index contributed by atoms with van der Waals surface area (Å²) in [5, 5.41) is 2.94. The molecule has 0 bridgehead atoms. The number of nitrogens with one attached hydrogen (secondary N) is 1. The second-order valence-corrected chi connectivity index (χ2v) is 7.29. The molecule has 0 spiro atoms. The zero-order chi connectivity index (χ0) is 20.8. The lowest BCUT2D eigenvalue weighted by Gasteiger charge is -2.30. The highest BCUT2D eigenvalue weighted by Crippen LogP contribution is 2.34. The average Bonchev–Trinajstić information content (AvgIpc) is 2.78. The van der Waals surface area contributed by atoms with E-state index in [1.54, 1.807) is 4.90 Å². The van der Waals surface area contributed by atoms with E-state index in [9.17, 15) is 9.59 Å². The number of hydrogen-bond donors (Lipinski definition) is 1. The Morgan fingerprint density at radius 2 is 1.57 bits per heavy atom. The number of rotatable bonds is 7. The van der Waals surface area contributed by atoms with Gasteiger partial charge in [0.2, 0.25) is 5.91 Å². The van der Waals surface area contributed by atoms with E-state index in [-0.39, 0.29) is 18.4 Å². The predicted octanol–water partition coefficient (Wildman–Crippen LogP) is 4.23. The van der Waals surface area contributed by atoms with Crippen LogP contribution in [0.2, 0.25) is 0 Å². The Hall–Kier alpha value is -3.60. The van der Waals surface area contributed by atoms with Crippen LogP contribution < -0.4 is 15.0 Å². The third-order valence-electron chi connectivity index (χ3n) is 5.14. The van der Waals surface area contributed by atoms with E-state index in [0.29, 0.717) is 36.5 Å². The molecule has 4 rings (SSSR count). The smallest absolute Gasteiger partial charge is 0.265 e. The molecule has 2 amide bonds. The molecule has 1 aliphatic rings. The van der Waals surface area contributed by atoms with Gasteiger partial charge < -0.3 is 15.0 Å². The number of benzene rings is 3. The Balaban J connectivity index is 1.43. The zero-order valence-corrected chi connectivity index (χ0v) is 16.7. The lowest BCUT2D eigenvalue weighted by molar-refractivity contribution is -0.121. The van der Waals surface area contributed by atoms with Crippen molar-refractivity contribution in [2.24, 2.45) is 0 Å². The summed E-state index contributed by atoms with van der Waals surface area (Å²) in [6.07, 6.45) is 1.83. The fourth-order valence-corrected chi connectivity index (χ4v) is 3.54. The number of fused-ring (bicyclic) bond motifs is 1. The fraction of sp³-hybridized carbons (Fsp3) is 0.200. The third kappa shape index (κ3) is 4.87. The van der Waals surface area contributed by atoms with Crippen LogP contribution in [0.5, 0.6) is 5.75 Å². The predicted molar refractivity (Wildman–Crippen MR) is 118 cm³/mol. The topological polar surface area (TPSA) is 58.6 Å². The van der Waals surface area contributed by atoms with Gasteiger partial charge in [0.05, 0.1) is 5.69 Å². The molecule has 0 saturated carbocycles. The summed E-state index contributed by atoms with van der Waals surface area (Å²) >= 11 is 0. The van der Waals surface area contributed by atoms with Crippen molar-refractivity contribution in [2.45, 2.75) is 19.3 Å². The van der Waals surface area contributed by atoms with Gasteiger partial charge >= 0.3 is 0 Å². The highest BCUT2D eigenvalue weighted by molar-refractivity contribution is 5.99. The molecular formula is C25H24N2O3. The standard InChI is InChI=1S/C25H24N2O3/c28-24(14-11-19-7-3-1-4-8-19)26-21-12-13-23-22(17-21)27(25(29)18-30-23)16-15-20-9-5-2-6-10-20/h1-10,12-13,17H,11,14-16,18H2,(H,26,28). The summed E-state index contributed by atoms with van der Waals surface area (Å²) in [6, 6.07) is 25.4. The third-order valence-corrected chi connectivity index (χ3v) is 5.14. The SMILES string of the molecule is O=C(CCc1ccccc1)Nc1ccc2c(c1)N(CCc1ccccc1)C(=O)CO2. The summed E-state index contributed by atoms with van der Waals surface area (Å²) < 4.78 is 5.58. The molecule has 152 valence electrons. The molecule has 0 fully saturated rings. The number of anilines is 2. The number of hydrogen-bond acceptors (Lipinski definition) is 3. The molecule has 0 aromatic heterocycles. The number of aryl methyl sites for hydroxylation is 1. The largest absolute Gasteiger partial charge is 0.482 e. The first-order chi connectivity index (χ1) is 14.7. The van der Waals surface area contributed by atoms with E-state index in [1.807, 2.05) is 66.7 Å². The molecule has 0 radical (unpaired) electrons. The van der Waals surface area contributed by atoms with Gasteiger partial charge in [0.15, 0.2) is 6.61 Å². The van der Waals surface area contributed by atoms with Crippen molar-refractivity contribution in [3.8, 4) is 5.75 Å². The maximum Gasteiger partial charge on any atom is 0.265 e. The number of nitrogens with zero attached hydrogens (tertiary/aromatic N) is 1. The van der Waals surface area contributed by atoms with Crippen molar-refractivity contribution < 1.29 is 14.3 Å². The Labute approximate surface area is 176 Å². The summed E-state index contributed by atoms with van der Waals surface area (Å²) in [5.41, 5.74) is 3.66. The first kappa shape index (κ1) is 19.7. The lowest BCUT2D eigenvalue weighted by Crippen LogP contribution is -2.40. The van der Waals surface area contributed by atoms with Gasteiger partial charge in [-0.05, 0) is 42.2 Å². The Morgan fingerprint density at radius 3 is 2.27 bits per heavy atom. The van der Waals surface area contributed by atoms with Gasteiger partial charge in [-0.25, -0.2) is 0 Å². The molecule has 0 aliphatic carbocycles. The van der Waals surface area contributed by atoms with Crippen LogP contribution in [0, 0.1) is 0 Å². The van der Waals surface area contributed by atoms with Crippen molar-refractivity contribution in [1.29, 1.82) is 0 Å². The van der Waals surface area contributed by atoms with Crippen molar-refractivity contribution in [2.75, 3.05) is 23.4 Å². The monoisotopic (exact) mass is 400 g/mol. The molecule has 1 heterocycles. The van der Waals surface area contributed by atoms with Crippen molar-refractivity contribution >= 4 is 23.2 Å². The summed E-state index contributed by atoms with van der Waals surface area (Å²) in [6.45, 7) is 0.592. The van der Waals surface area contributed by atoms with Crippen LogP contribution in [0.1, 0.15) is 17.5 Å². The van der Waals surface area contributed by atoms with Crippen molar-refractivity contribution in [3.63, 3.8) is 0 Å². The maximum atomic E-state index is 12.5. The van der Waals surface area contributed by atoms with Gasteiger partial charge in [0.25, 0.3) is 5.91 Å². The van der Waals surface area contributed by atoms with Crippen LogP contribution in [0.15, 0.2) is 78.9 Å². The normalized spacial score (nSPS) is 12.8. The molecule has 1 aliphatic heterocycles. The highest BCUT2D eigenvalue weighted by Gasteiger charge is 2.25. The van der Waals surface area contributed by atoms with Crippen LogP contribution in [-0.2, 0) is 22.4 Å². The first-order valence-electron chi connectivity index (χ1n) is 10.1. The molecule has 0 atom stereocenters. The Kier molecular flexibility index (Phi) is 6.09. The van der Waals surface area contributed by atoms with Gasteiger partial charge in [-0.2, -0.15) is 0 Å². The van der Waals surface area contributed by atoms with Gasteiger partial charge in [-0.15, -0.1) is 0 Å². The minimum absolute atomic E-state index is 0.0323. The average molecular weight is 400 g/mol. The molecular weight excluding hydrogens is 376 g/mol. The molecule has 1 N–H and O–H groups in total. The highest BCUT2D eigenvalue weighted by atomic mass is 16.5. The Morgan fingerprint density at radius 1 is 0.900 bits per heavy atom. The van der Waals surface area contributed by atoms with Crippen LogP contribution in [0.4, 0.5) is 11.4 Å². The fourth-order valence-electron chi connectivity index (χ4n) is 3.54. The molecule has 5 heteroatoms. The summed E-state index contributed by atoms with van der Waals surface area (Å²) in [5.74, 6) is 0.522. The molecule has 5 nitrogen and oxygen atoms in total. The van der Waals surface area contributed by atoms with E-state index in [0.717, 1.165) is 12.0 Å². The second kappa shape index (κ2) is 9.27. The van der Waals surface area contributed by atoms with Gasteiger partial charge in [0.1, 0.15) is 5.75 Å². The van der Waals surface area contributed by atoms with Crippen molar-refractivity contribution in [1.82, 2.24) is 0 Å². The minimum Gasteiger partial charge on any atom is -0.482 e.